The van der Waals surface area contributed by atoms with E-state index in [1.54, 1.807) is 12.1 Å². The molecular weight excluding hydrogens is 330 g/mol. The van der Waals surface area contributed by atoms with Crippen LogP contribution < -0.4 is 0 Å². The van der Waals surface area contributed by atoms with Gasteiger partial charge in [0.2, 0.25) is 11.7 Å². The van der Waals surface area contributed by atoms with Gasteiger partial charge in [0, 0.05) is 23.6 Å². The smallest absolute Gasteiger partial charge is 0.303 e. The van der Waals surface area contributed by atoms with Gasteiger partial charge in [-0.05, 0) is 56.6 Å². The number of aliphatic carboxylic acids is 1. The highest BCUT2D eigenvalue weighted by Gasteiger charge is 2.26. The van der Waals surface area contributed by atoms with E-state index in [4.69, 9.17) is 21.2 Å². The van der Waals surface area contributed by atoms with Crippen molar-refractivity contribution in [3.05, 3.63) is 35.2 Å². The Morgan fingerprint density at radius 2 is 2.17 bits per heavy atom. The molecule has 0 spiro atoms. The molecular formula is C17H20ClN3O3. The number of carbonyl (C=O) groups is 1. The van der Waals surface area contributed by atoms with Crippen LogP contribution in [0.5, 0.6) is 0 Å². The molecule has 1 unspecified atom stereocenters. The van der Waals surface area contributed by atoms with Gasteiger partial charge in [-0.25, -0.2) is 0 Å². The lowest BCUT2D eigenvalue weighted by Gasteiger charge is -2.30. The molecule has 1 atom stereocenters. The zero-order valence-corrected chi connectivity index (χ0v) is 14.1. The Kier molecular flexibility index (Phi) is 5.48. The van der Waals surface area contributed by atoms with Crippen molar-refractivity contribution < 1.29 is 14.4 Å². The summed E-state index contributed by atoms with van der Waals surface area (Å²) in [6, 6.07) is 7.35. The zero-order valence-electron chi connectivity index (χ0n) is 13.3. The summed E-state index contributed by atoms with van der Waals surface area (Å²) in [6.45, 7) is 2.62. The minimum atomic E-state index is -0.743. The molecule has 7 heteroatoms. The van der Waals surface area contributed by atoms with Crippen molar-refractivity contribution in [1.82, 2.24) is 15.0 Å². The summed E-state index contributed by atoms with van der Waals surface area (Å²) < 4.78 is 5.46. The molecule has 0 radical (unpaired) electrons. The lowest BCUT2D eigenvalue weighted by atomic mass is 9.97. The number of nitrogens with zero attached hydrogens (tertiary/aromatic N) is 3. The maximum absolute atomic E-state index is 10.6. The van der Waals surface area contributed by atoms with Crippen LogP contribution in [0.4, 0.5) is 0 Å². The number of benzene rings is 1. The van der Waals surface area contributed by atoms with Gasteiger partial charge in [-0.15, -0.1) is 0 Å². The van der Waals surface area contributed by atoms with Crippen molar-refractivity contribution >= 4 is 17.6 Å². The SMILES string of the molecule is O=C(O)CCCN1CCCC(c2nc(-c3ccc(Cl)cc3)no2)C1. The average molecular weight is 350 g/mol. The summed E-state index contributed by atoms with van der Waals surface area (Å²) in [4.78, 5) is 17.4. The summed E-state index contributed by atoms with van der Waals surface area (Å²) in [5, 5.41) is 13.5. The molecule has 128 valence electrons. The minimum Gasteiger partial charge on any atom is -0.481 e. The molecule has 0 aliphatic carbocycles. The first-order valence-electron chi connectivity index (χ1n) is 8.15. The highest BCUT2D eigenvalue weighted by molar-refractivity contribution is 6.30. The summed E-state index contributed by atoms with van der Waals surface area (Å²) >= 11 is 5.90. The van der Waals surface area contributed by atoms with Crippen LogP contribution in [0.15, 0.2) is 28.8 Å². The normalized spacial score (nSPS) is 18.6. The number of rotatable bonds is 6. The van der Waals surface area contributed by atoms with Crippen LogP contribution in [0.1, 0.15) is 37.5 Å². The monoisotopic (exact) mass is 349 g/mol. The lowest BCUT2D eigenvalue weighted by Crippen LogP contribution is -2.35. The molecule has 0 saturated carbocycles. The van der Waals surface area contributed by atoms with Crippen LogP contribution in [-0.4, -0.2) is 45.8 Å². The molecule has 1 saturated heterocycles. The largest absolute Gasteiger partial charge is 0.481 e. The van der Waals surface area contributed by atoms with Gasteiger partial charge < -0.3 is 14.5 Å². The summed E-state index contributed by atoms with van der Waals surface area (Å²) in [6.07, 6.45) is 2.94. The van der Waals surface area contributed by atoms with E-state index in [0.717, 1.165) is 38.0 Å². The van der Waals surface area contributed by atoms with Gasteiger partial charge in [0.15, 0.2) is 0 Å². The molecule has 2 heterocycles. The molecule has 1 N–H and O–H groups in total. The van der Waals surface area contributed by atoms with Crippen LogP contribution in [-0.2, 0) is 4.79 Å². The van der Waals surface area contributed by atoms with Crippen molar-refractivity contribution in [3.8, 4) is 11.4 Å². The van der Waals surface area contributed by atoms with Crippen LogP contribution in [0.25, 0.3) is 11.4 Å². The number of halogens is 1. The van der Waals surface area contributed by atoms with E-state index in [0.29, 0.717) is 23.2 Å². The summed E-state index contributed by atoms with van der Waals surface area (Å²) in [5.74, 6) is 0.692. The molecule has 0 amide bonds. The van der Waals surface area contributed by atoms with Crippen LogP contribution in [0.3, 0.4) is 0 Å². The van der Waals surface area contributed by atoms with Gasteiger partial charge in [-0.1, -0.05) is 16.8 Å². The molecule has 1 aliphatic heterocycles. The Hall–Kier alpha value is -1.92. The van der Waals surface area contributed by atoms with Crippen molar-refractivity contribution in [1.29, 1.82) is 0 Å². The number of carboxylic acids is 1. The quantitative estimate of drug-likeness (QED) is 0.860. The van der Waals surface area contributed by atoms with Gasteiger partial charge >= 0.3 is 5.97 Å². The first-order valence-corrected chi connectivity index (χ1v) is 8.53. The second kappa shape index (κ2) is 7.77. The highest BCUT2D eigenvalue weighted by atomic mass is 35.5. The van der Waals surface area contributed by atoms with Crippen molar-refractivity contribution in [2.24, 2.45) is 0 Å². The molecule has 0 bridgehead atoms. The van der Waals surface area contributed by atoms with Crippen LogP contribution in [0.2, 0.25) is 5.02 Å². The lowest BCUT2D eigenvalue weighted by molar-refractivity contribution is -0.137. The van der Waals surface area contributed by atoms with E-state index in [9.17, 15) is 4.79 Å². The summed E-state index contributed by atoms with van der Waals surface area (Å²) in [5.41, 5.74) is 0.878. The number of aromatic nitrogens is 2. The molecule has 24 heavy (non-hydrogen) atoms. The maximum atomic E-state index is 10.6. The molecule has 6 nitrogen and oxygen atoms in total. The molecule has 1 aliphatic rings. The van der Waals surface area contributed by atoms with E-state index >= 15 is 0 Å². The second-order valence-electron chi connectivity index (χ2n) is 6.10. The van der Waals surface area contributed by atoms with E-state index in [1.807, 2.05) is 12.1 Å². The number of hydrogen-bond donors (Lipinski definition) is 1. The van der Waals surface area contributed by atoms with Gasteiger partial charge in [-0.3, -0.25) is 4.79 Å². The Morgan fingerprint density at radius 1 is 1.38 bits per heavy atom. The van der Waals surface area contributed by atoms with Crippen molar-refractivity contribution in [3.63, 3.8) is 0 Å². The number of piperidine rings is 1. The zero-order chi connectivity index (χ0) is 16.9. The third-order valence-corrected chi connectivity index (χ3v) is 4.52. The van der Waals surface area contributed by atoms with E-state index in [1.165, 1.54) is 0 Å². The minimum absolute atomic E-state index is 0.206. The highest BCUT2D eigenvalue weighted by Crippen LogP contribution is 2.28. The molecule has 1 aromatic carbocycles. The fraction of sp³-hybridized carbons (Fsp3) is 0.471. The third-order valence-electron chi connectivity index (χ3n) is 4.26. The van der Waals surface area contributed by atoms with E-state index in [2.05, 4.69) is 15.0 Å². The van der Waals surface area contributed by atoms with E-state index < -0.39 is 5.97 Å². The van der Waals surface area contributed by atoms with Gasteiger partial charge in [0.25, 0.3) is 0 Å². The van der Waals surface area contributed by atoms with Crippen LogP contribution in [0, 0.1) is 0 Å². The number of carboxylic acid groups (broad SMARTS) is 1. The maximum Gasteiger partial charge on any atom is 0.303 e. The van der Waals surface area contributed by atoms with Gasteiger partial charge in [0.05, 0.1) is 5.92 Å². The Labute approximate surface area is 145 Å². The Balaban J connectivity index is 1.62. The van der Waals surface area contributed by atoms with Crippen molar-refractivity contribution in [2.45, 2.75) is 31.6 Å². The standard InChI is InChI=1S/C17H20ClN3O3/c18-14-7-5-12(6-8-14)16-19-17(24-20-16)13-3-1-9-21(11-13)10-2-4-15(22)23/h5-8,13H,1-4,9-11H2,(H,22,23). The van der Waals surface area contributed by atoms with Gasteiger partial charge in [-0.2, -0.15) is 4.98 Å². The molecule has 1 fully saturated rings. The molecule has 2 aromatic rings. The topological polar surface area (TPSA) is 79.5 Å². The predicted octanol–water partition coefficient (Wildman–Crippen LogP) is 3.43. The third kappa shape index (κ3) is 4.33. The van der Waals surface area contributed by atoms with Crippen LogP contribution >= 0.6 is 11.6 Å². The van der Waals surface area contributed by atoms with Gasteiger partial charge in [0.1, 0.15) is 0 Å². The fourth-order valence-electron chi connectivity index (χ4n) is 3.03. The van der Waals surface area contributed by atoms with E-state index in [-0.39, 0.29) is 12.3 Å². The predicted molar refractivity (Wildman–Crippen MR) is 90.0 cm³/mol. The number of likely N-dealkylation sites (tertiary alicyclic amines) is 1. The number of hydrogen-bond acceptors (Lipinski definition) is 5. The molecule has 1 aromatic heterocycles. The average Bonchev–Trinajstić information content (AvgIpc) is 3.05. The fourth-order valence-corrected chi connectivity index (χ4v) is 3.16. The first-order chi connectivity index (χ1) is 11.6. The molecule has 3 rings (SSSR count). The Bertz CT molecular complexity index is 687. The first kappa shape index (κ1) is 16.9. The second-order valence-corrected chi connectivity index (χ2v) is 6.54. The Morgan fingerprint density at radius 3 is 2.92 bits per heavy atom. The summed E-state index contributed by atoms with van der Waals surface area (Å²) in [7, 11) is 0. The van der Waals surface area contributed by atoms with Crippen molar-refractivity contribution in [2.75, 3.05) is 19.6 Å².